The Balaban J connectivity index is 1.47. The molecule has 0 radical (unpaired) electrons. The normalized spacial score (nSPS) is 16.1. The molecule has 0 unspecified atom stereocenters. The van der Waals surface area contributed by atoms with Gasteiger partial charge in [-0.15, -0.1) is 0 Å². The first-order chi connectivity index (χ1) is 13.3. The lowest BCUT2D eigenvalue weighted by molar-refractivity contribution is 0.329. The van der Waals surface area contributed by atoms with Crippen molar-refractivity contribution in [3.8, 4) is 0 Å². The van der Waals surface area contributed by atoms with Gasteiger partial charge in [0.15, 0.2) is 5.82 Å². The number of rotatable bonds is 3. The monoisotopic (exact) mass is 380 g/mol. The van der Waals surface area contributed by atoms with Gasteiger partial charge in [-0.1, -0.05) is 20.8 Å². The van der Waals surface area contributed by atoms with Gasteiger partial charge in [0.2, 0.25) is 0 Å². The predicted molar refractivity (Wildman–Crippen MR) is 111 cm³/mol. The Morgan fingerprint density at radius 1 is 1.18 bits per heavy atom. The zero-order chi connectivity index (χ0) is 19.9. The predicted octanol–water partition coefficient (Wildman–Crippen LogP) is 3.04. The second-order valence-electron chi connectivity index (χ2n) is 8.83. The van der Waals surface area contributed by atoms with Crippen LogP contribution >= 0.6 is 0 Å². The Bertz CT molecular complexity index is 1040. The summed E-state index contributed by atoms with van der Waals surface area (Å²) in [6, 6.07) is 5.54. The zero-order valence-electron chi connectivity index (χ0n) is 17.1. The average molecular weight is 380 g/mol. The summed E-state index contributed by atoms with van der Waals surface area (Å²) in [5, 5.41) is 4.62. The van der Waals surface area contributed by atoms with E-state index in [1.807, 2.05) is 19.1 Å². The van der Waals surface area contributed by atoms with Crippen LogP contribution in [-0.2, 0) is 12.0 Å². The molecule has 0 amide bonds. The number of piperidine rings is 1. The van der Waals surface area contributed by atoms with Crippen LogP contribution < -0.4 is 10.5 Å². The van der Waals surface area contributed by atoms with E-state index >= 15 is 0 Å². The summed E-state index contributed by atoms with van der Waals surface area (Å²) in [5.74, 6) is 1.42. The van der Waals surface area contributed by atoms with E-state index in [2.05, 4.69) is 45.7 Å². The van der Waals surface area contributed by atoms with Gasteiger partial charge in [0.25, 0.3) is 5.56 Å². The quantitative estimate of drug-likeness (QED) is 0.755. The second kappa shape index (κ2) is 7.04. The van der Waals surface area contributed by atoms with E-state index in [4.69, 9.17) is 0 Å². The molecule has 0 atom stereocenters. The van der Waals surface area contributed by atoms with E-state index in [0.29, 0.717) is 12.5 Å². The Hall–Kier alpha value is -2.70. The maximum atomic E-state index is 12.3. The fourth-order valence-electron chi connectivity index (χ4n) is 3.85. The number of fused-ring (bicyclic) bond motifs is 1. The molecule has 0 aromatic carbocycles. The van der Waals surface area contributed by atoms with Crippen LogP contribution in [0.25, 0.3) is 11.0 Å². The minimum absolute atomic E-state index is 0.0187. The number of aromatic amines is 1. The summed E-state index contributed by atoms with van der Waals surface area (Å²) in [4.78, 5) is 26.8. The Labute approximate surface area is 164 Å². The highest BCUT2D eigenvalue weighted by molar-refractivity contribution is 5.86. The number of hydrogen-bond acceptors (Lipinski definition) is 5. The first-order valence-corrected chi connectivity index (χ1v) is 9.95. The van der Waals surface area contributed by atoms with Crippen molar-refractivity contribution in [2.45, 2.75) is 52.5 Å². The van der Waals surface area contributed by atoms with E-state index in [9.17, 15) is 4.79 Å². The van der Waals surface area contributed by atoms with Crippen LogP contribution in [0.2, 0.25) is 0 Å². The Kier molecular flexibility index (Phi) is 4.69. The fourth-order valence-corrected chi connectivity index (χ4v) is 3.85. The van der Waals surface area contributed by atoms with Gasteiger partial charge in [-0.25, -0.2) is 14.6 Å². The number of nitrogens with one attached hydrogen (secondary N) is 1. The van der Waals surface area contributed by atoms with Crippen molar-refractivity contribution >= 4 is 16.9 Å². The highest BCUT2D eigenvalue weighted by Crippen LogP contribution is 2.28. The van der Waals surface area contributed by atoms with Crippen molar-refractivity contribution in [3.63, 3.8) is 0 Å². The molecular weight excluding hydrogens is 352 g/mol. The average Bonchev–Trinajstić information content (AvgIpc) is 3.03. The zero-order valence-corrected chi connectivity index (χ0v) is 17.1. The van der Waals surface area contributed by atoms with Gasteiger partial charge in [-0.3, -0.25) is 4.79 Å². The fraction of sp³-hybridized carbons (Fsp3) is 0.524. The number of aromatic nitrogens is 5. The molecule has 1 fully saturated rings. The van der Waals surface area contributed by atoms with Gasteiger partial charge in [-0.05, 0) is 37.8 Å². The van der Waals surface area contributed by atoms with Crippen LogP contribution in [-0.4, -0.2) is 37.8 Å². The van der Waals surface area contributed by atoms with Gasteiger partial charge in [-0.2, -0.15) is 5.10 Å². The number of aryl methyl sites for hydroxylation is 1. The molecule has 1 aliphatic rings. The van der Waals surface area contributed by atoms with E-state index in [-0.39, 0.29) is 11.0 Å². The summed E-state index contributed by atoms with van der Waals surface area (Å²) < 4.78 is 1.65. The molecule has 3 aromatic heterocycles. The van der Waals surface area contributed by atoms with Gasteiger partial charge >= 0.3 is 0 Å². The van der Waals surface area contributed by atoms with E-state index in [1.165, 1.54) is 0 Å². The van der Waals surface area contributed by atoms with Crippen LogP contribution in [0.3, 0.4) is 0 Å². The van der Waals surface area contributed by atoms with Crippen LogP contribution in [0.4, 0.5) is 5.82 Å². The van der Waals surface area contributed by atoms with Crippen LogP contribution in [0.5, 0.6) is 0 Å². The smallest absolute Gasteiger partial charge is 0.266 e. The first kappa shape index (κ1) is 18.7. The minimum Gasteiger partial charge on any atom is -0.355 e. The standard InChI is InChI=1S/C21H28N6O/c1-14-11-16-19(24-14)20(23-13-22-16)26-9-7-15(8-10-26)12-27-18(28)6-5-17(25-27)21(2,3)4/h5-6,11,13,15,24H,7-10,12H2,1-4H3. The Morgan fingerprint density at radius 3 is 2.64 bits per heavy atom. The summed E-state index contributed by atoms with van der Waals surface area (Å²) in [7, 11) is 0. The highest BCUT2D eigenvalue weighted by atomic mass is 16.1. The van der Waals surface area contributed by atoms with Crippen molar-refractivity contribution in [1.29, 1.82) is 0 Å². The molecule has 4 rings (SSSR count). The van der Waals surface area contributed by atoms with E-state index in [0.717, 1.165) is 54.2 Å². The van der Waals surface area contributed by atoms with E-state index in [1.54, 1.807) is 17.1 Å². The van der Waals surface area contributed by atoms with Crippen molar-refractivity contribution in [2.75, 3.05) is 18.0 Å². The summed E-state index contributed by atoms with van der Waals surface area (Å²) in [6.07, 6.45) is 3.66. The third-order valence-corrected chi connectivity index (χ3v) is 5.51. The van der Waals surface area contributed by atoms with Crippen LogP contribution in [0, 0.1) is 12.8 Å². The SMILES string of the molecule is Cc1cc2ncnc(N3CCC(Cn4nc(C(C)(C)C)ccc4=O)CC3)c2[nH]1. The topological polar surface area (TPSA) is 79.7 Å². The molecule has 7 heteroatoms. The van der Waals surface area contributed by atoms with Gasteiger partial charge in [0.1, 0.15) is 11.8 Å². The van der Waals surface area contributed by atoms with Gasteiger partial charge < -0.3 is 9.88 Å². The van der Waals surface area contributed by atoms with Crippen LogP contribution in [0.1, 0.15) is 45.0 Å². The molecule has 0 spiro atoms. The molecular formula is C21H28N6O. The first-order valence-electron chi connectivity index (χ1n) is 9.95. The number of H-pyrrole nitrogens is 1. The molecule has 0 aliphatic carbocycles. The van der Waals surface area contributed by atoms with Crippen molar-refractivity contribution in [1.82, 2.24) is 24.7 Å². The summed E-state index contributed by atoms with van der Waals surface area (Å²) >= 11 is 0. The highest BCUT2D eigenvalue weighted by Gasteiger charge is 2.24. The third-order valence-electron chi connectivity index (χ3n) is 5.51. The molecule has 0 saturated carbocycles. The van der Waals surface area contributed by atoms with Crippen molar-refractivity contribution < 1.29 is 0 Å². The molecule has 4 heterocycles. The third kappa shape index (κ3) is 3.66. The number of hydrogen-bond donors (Lipinski definition) is 1. The molecule has 7 nitrogen and oxygen atoms in total. The van der Waals surface area contributed by atoms with E-state index < -0.39 is 0 Å². The van der Waals surface area contributed by atoms with Gasteiger partial charge in [0, 0.05) is 36.8 Å². The van der Waals surface area contributed by atoms with Crippen molar-refractivity contribution in [3.05, 3.63) is 46.3 Å². The second-order valence-corrected chi connectivity index (χ2v) is 8.83. The minimum atomic E-state index is -0.0641. The lowest BCUT2D eigenvalue weighted by Crippen LogP contribution is -2.37. The Morgan fingerprint density at radius 2 is 1.93 bits per heavy atom. The maximum Gasteiger partial charge on any atom is 0.266 e. The molecule has 28 heavy (non-hydrogen) atoms. The number of anilines is 1. The lowest BCUT2D eigenvalue weighted by Gasteiger charge is -2.33. The molecule has 1 saturated heterocycles. The maximum absolute atomic E-state index is 12.3. The molecule has 148 valence electrons. The lowest BCUT2D eigenvalue weighted by atomic mass is 9.92. The molecule has 1 aliphatic heterocycles. The summed E-state index contributed by atoms with van der Waals surface area (Å²) in [5.41, 5.74) is 3.93. The number of nitrogens with zero attached hydrogens (tertiary/aromatic N) is 5. The summed E-state index contributed by atoms with van der Waals surface area (Å²) in [6.45, 7) is 10.9. The van der Waals surface area contributed by atoms with Crippen LogP contribution in [0.15, 0.2) is 29.3 Å². The van der Waals surface area contributed by atoms with Crippen molar-refractivity contribution in [2.24, 2.45) is 5.92 Å². The molecule has 3 aromatic rings. The molecule has 1 N–H and O–H groups in total. The van der Waals surface area contributed by atoms with Gasteiger partial charge in [0.05, 0.1) is 11.2 Å². The largest absolute Gasteiger partial charge is 0.355 e. The molecule has 0 bridgehead atoms.